The number of rotatable bonds is 4. The minimum absolute atomic E-state index is 0.125. The van der Waals surface area contributed by atoms with Crippen LogP contribution in [0.15, 0.2) is 46.7 Å². The summed E-state index contributed by atoms with van der Waals surface area (Å²) in [4.78, 5) is 17.5. The largest absolute Gasteiger partial charge is 0.366 e. The van der Waals surface area contributed by atoms with E-state index in [1.807, 2.05) is 42.1 Å². The first-order valence-corrected chi connectivity index (χ1v) is 7.93. The van der Waals surface area contributed by atoms with Crippen molar-refractivity contribution in [3.05, 3.63) is 36.7 Å². The average molecular weight is 318 g/mol. The number of para-hydroxylation sites is 1. The van der Waals surface area contributed by atoms with E-state index in [0.29, 0.717) is 13.2 Å². The highest BCUT2D eigenvalue weighted by molar-refractivity contribution is 7.99. The Labute approximate surface area is 133 Å². The van der Waals surface area contributed by atoms with Gasteiger partial charge in [-0.15, -0.1) is 0 Å². The summed E-state index contributed by atoms with van der Waals surface area (Å²) >= 11 is 1.52. The molecule has 0 aliphatic carbocycles. The quantitative estimate of drug-likeness (QED) is 0.894. The van der Waals surface area contributed by atoms with Gasteiger partial charge in [-0.25, -0.2) is 4.98 Å². The first kappa shape index (κ1) is 15.1. The molecule has 1 aromatic carbocycles. The molecule has 2 heterocycles. The minimum atomic E-state index is -0.444. The molecule has 1 unspecified atom stereocenters. The molecule has 1 saturated heterocycles. The molecule has 6 nitrogen and oxygen atoms in total. The zero-order valence-electron chi connectivity index (χ0n) is 12.3. The van der Waals surface area contributed by atoms with E-state index in [2.05, 4.69) is 15.6 Å². The van der Waals surface area contributed by atoms with Crippen LogP contribution >= 0.6 is 11.8 Å². The number of aryl methyl sites for hydroxylation is 1. The number of benzene rings is 1. The molecule has 1 aliphatic rings. The molecule has 0 bridgehead atoms. The summed E-state index contributed by atoms with van der Waals surface area (Å²) in [6.45, 7) is 1.89. The monoisotopic (exact) mass is 318 g/mol. The molecule has 0 radical (unpaired) electrons. The first-order chi connectivity index (χ1) is 10.7. The Morgan fingerprint density at radius 2 is 2.36 bits per heavy atom. The summed E-state index contributed by atoms with van der Waals surface area (Å²) in [5, 5.41) is 6.98. The number of hydrogen-bond acceptors (Lipinski definition) is 5. The third-order valence-corrected chi connectivity index (χ3v) is 4.50. The number of nitrogens with one attached hydrogen (secondary N) is 2. The van der Waals surface area contributed by atoms with Gasteiger partial charge in [0.2, 0.25) is 0 Å². The minimum Gasteiger partial charge on any atom is -0.366 e. The molecular formula is C15H18N4O2S. The topological polar surface area (TPSA) is 68.2 Å². The van der Waals surface area contributed by atoms with Crippen LogP contribution in [0.4, 0.5) is 5.69 Å². The molecule has 3 rings (SSSR count). The van der Waals surface area contributed by atoms with Crippen LogP contribution in [0.3, 0.4) is 0 Å². The zero-order chi connectivity index (χ0) is 15.4. The van der Waals surface area contributed by atoms with Gasteiger partial charge in [0.05, 0.1) is 12.3 Å². The fraction of sp³-hybridized carbons (Fsp3) is 0.333. The molecule has 0 saturated carbocycles. The molecule has 22 heavy (non-hydrogen) atoms. The number of morpholine rings is 1. The van der Waals surface area contributed by atoms with Crippen LogP contribution in [0.5, 0.6) is 0 Å². The normalized spacial score (nSPS) is 18.1. The third kappa shape index (κ3) is 3.49. The van der Waals surface area contributed by atoms with Gasteiger partial charge in [0.15, 0.2) is 5.16 Å². The van der Waals surface area contributed by atoms with Crippen LogP contribution in [0, 0.1) is 0 Å². The number of carbonyl (C=O) groups is 1. The maximum absolute atomic E-state index is 12.3. The van der Waals surface area contributed by atoms with Crippen molar-refractivity contribution in [2.24, 2.45) is 7.05 Å². The van der Waals surface area contributed by atoms with Crippen LogP contribution < -0.4 is 10.6 Å². The highest BCUT2D eigenvalue weighted by Gasteiger charge is 2.22. The molecule has 1 amide bonds. The lowest BCUT2D eigenvalue weighted by Crippen LogP contribution is -2.45. The summed E-state index contributed by atoms with van der Waals surface area (Å²) in [6.07, 6.45) is 3.20. The summed E-state index contributed by atoms with van der Waals surface area (Å²) in [6, 6.07) is 7.70. The zero-order valence-corrected chi connectivity index (χ0v) is 13.1. The molecule has 1 aliphatic heterocycles. The standard InChI is InChI=1S/C15H18N4O2S/c1-19-8-6-17-15(19)22-13-5-3-2-4-11(13)18-14(20)12-10-16-7-9-21-12/h2-6,8,12,16H,7,9-10H2,1H3,(H,18,20). The van der Waals surface area contributed by atoms with Gasteiger partial charge in [0, 0.05) is 37.4 Å². The van der Waals surface area contributed by atoms with Crippen molar-refractivity contribution >= 4 is 23.4 Å². The smallest absolute Gasteiger partial charge is 0.254 e. The van der Waals surface area contributed by atoms with E-state index >= 15 is 0 Å². The van der Waals surface area contributed by atoms with Crippen LogP contribution in [0.2, 0.25) is 0 Å². The summed E-state index contributed by atoms with van der Waals surface area (Å²) in [5.41, 5.74) is 0.773. The fourth-order valence-electron chi connectivity index (χ4n) is 2.15. The fourth-order valence-corrected chi connectivity index (χ4v) is 3.05. The van der Waals surface area contributed by atoms with Gasteiger partial charge in [0.25, 0.3) is 5.91 Å². The van der Waals surface area contributed by atoms with Gasteiger partial charge in [-0.2, -0.15) is 0 Å². The SMILES string of the molecule is Cn1ccnc1Sc1ccccc1NC(=O)C1CNCCO1. The Morgan fingerprint density at radius 3 is 3.09 bits per heavy atom. The molecule has 0 spiro atoms. The number of nitrogens with zero attached hydrogens (tertiary/aromatic N) is 2. The number of carbonyl (C=O) groups excluding carboxylic acids is 1. The maximum Gasteiger partial charge on any atom is 0.254 e. The second-order valence-electron chi connectivity index (χ2n) is 4.97. The van der Waals surface area contributed by atoms with Crippen molar-refractivity contribution in [2.45, 2.75) is 16.2 Å². The first-order valence-electron chi connectivity index (χ1n) is 7.11. The number of imidazole rings is 1. The maximum atomic E-state index is 12.3. The van der Waals surface area contributed by atoms with E-state index in [9.17, 15) is 4.79 Å². The molecular weight excluding hydrogens is 300 g/mol. The van der Waals surface area contributed by atoms with E-state index in [0.717, 1.165) is 22.3 Å². The Morgan fingerprint density at radius 1 is 1.50 bits per heavy atom. The summed E-state index contributed by atoms with van der Waals surface area (Å²) < 4.78 is 7.42. The van der Waals surface area contributed by atoms with Crippen molar-refractivity contribution in [3.8, 4) is 0 Å². The lowest BCUT2D eigenvalue weighted by molar-refractivity contribution is -0.128. The average Bonchev–Trinajstić information content (AvgIpc) is 2.95. The third-order valence-electron chi connectivity index (χ3n) is 3.34. The highest BCUT2D eigenvalue weighted by atomic mass is 32.2. The van der Waals surface area contributed by atoms with Crippen molar-refractivity contribution in [1.29, 1.82) is 0 Å². The van der Waals surface area contributed by atoms with Crippen LogP contribution in [0.1, 0.15) is 0 Å². The van der Waals surface area contributed by atoms with E-state index in [1.54, 1.807) is 6.20 Å². The Hall–Kier alpha value is -1.83. The number of amides is 1. The molecule has 2 aromatic rings. The Bertz CT molecular complexity index is 652. The number of aromatic nitrogens is 2. The molecule has 116 valence electrons. The highest BCUT2D eigenvalue weighted by Crippen LogP contribution is 2.32. The number of anilines is 1. The van der Waals surface area contributed by atoms with Crippen molar-refractivity contribution in [3.63, 3.8) is 0 Å². The molecule has 2 N–H and O–H groups in total. The van der Waals surface area contributed by atoms with Crippen molar-refractivity contribution < 1.29 is 9.53 Å². The summed E-state index contributed by atoms with van der Waals surface area (Å²) in [7, 11) is 1.94. The predicted octanol–water partition coefficient (Wildman–Crippen LogP) is 1.50. The van der Waals surface area contributed by atoms with E-state index in [4.69, 9.17) is 4.74 Å². The van der Waals surface area contributed by atoms with E-state index < -0.39 is 6.10 Å². The Balaban J connectivity index is 1.73. The van der Waals surface area contributed by atoms with Crippen molar-refractivity contribution in [1.82, 2.24) is 14.9 Å². The predicted molar refractivity (Wildman–Crippen MR) is 85.0 cm³/mol. The van der Waals surface area contributed by atoms with Gasteiger partial charge in [-0.05, 0) is 23.9 Å². The number of ether oxygens (including phenoxy) is 1. The van der Waals surface area contributed by atoms with E-state index in [-0.39, 0.29) is 5.91 Å². The number of hydrogen-bond donors (Lipinski definition) is 2. The second kappa shape index (κ2) is 6.95. The van der Waals surface area contributed by atoms with Gasteiger partial charge < -0.3 is 19.9 Å². The molecule has 1 atom stereocenters. The van der Waals surface area contributed by atoms with Gasteiger partial charge in [-0.3, -0.25) is 4.79 Å². The van der Waals surface area contributed by atoms with Gasteiger partial charge in [0.1, 0.15) is 6.10 Å². The lowest BCUT2D eigenvalue weighted by Gasteiger charge is -2.23. The van der Waals surface area contributed by atoms with Crippen molar-refractivity contribution in [2.75, 3.05) is 25.0 Å². The summed E-state index contributed by atoms with van der Waals surface area (Å²) in [5.74, 6) is -0.125. The second-order valence-corrected chi connectivity index (χ2v) is 5.98. The van der Waals surface area contributed by atoms with E-state index in [1.165, 1.54) is 11.8 Å². The van der Waals surface area contributed by atoms with Gasteiger partial charge in [-0.1, -0.05) is 12.1 Å². The lowest BCUT2D eigenvalue weighted by atomic mass is 10.2. The molecule has 7 heteroatoms. The Kier molecular flexibility index (Phi) is 4.77. The van der Waals surface area contributed by atoms with Crippen LogP contribution in [-0.4, -0.2) is 41.3 Å². The van der Waals surface area contributed by atoms with Crippen LogP contribution in [-0.2, 0) is 16.6 Å². The molecule has 1 fully saturated rings. The molecule has 1 aromatic heterocycles. The van der Waals surface area contributed by atoms with Gasteiger partial charge >= 0.3 is 0 Å². The van der Waals surface area contributed by atoms with Crippen LogP contribution in [0.25, 0.3) is 0 Å².